The Bertz CT molecular complexity index is 404. The van der Waals surface area contributed by atoms with Crippen LogP contribution in [0.4, 0.5) is 5.69 Å². The van der Waals surface area contributed by atoms with E-state index in [9.17, 15) is 10.1 Å². The van der Waals surface area contributed by atoms with Crippen LogP contribution in [0.5, 0.6) is 0 Å². The van der Waals surface area contributed by atoms with Crippen molar-refractivity contribution in [2.24, 2.45) is 0 Å². The molecular weight excluding hydrogens is 190 g/mol. The Morgan fingerprint density at radius 2 is 2.23 bits per heavy atom. The minimum atomic E-state index is -0.522. The Morgan fingerprint density at radius 1 is 1.54 bits per heavy atom. The third kappa shape index (κ3) is 2.20. The van der Waals surface area contributed by atoms with Crippen LogP contribution in [0.2, 0.25) is 5.02 Å². The molecule has 1 rings (SSSR count). The van der Waals surface area contributed by atoms with Crippen LogP contribution in [0.1, 0.15) is 5.56 Å². The van der Waals surface area contributed by atoms with E-state index in [0.29, 0.717) is 10.6 Å². The Labute approximate surface area is 80.5 Å². The van der Waals surface area contributed by atoms with Gasteiger partial charge in [0.2, 0.25) is 0 Å². The van der Waals surface area contributed by atoms with Gasteiger partial charge in [0, 0.05) is 18.0 Å². The summed E-state index contributed by atoms with van der Waals surface area (Å²) >= 11 is 5.59. The second-order valence-corrected chi connectivity index (χ2v) is 2.66. The quantitative estimate of drug-likeness (QED) is 0.392. The number of nitro benzene ring substituents is 1. The van der Waals surface area contributed by atoms with E-state index in [-0.39, 0.29) is 5.69 Å². The molecule has 0 fully saturated rings. The number of rotatable bonds is 1. The Balaban J connectivity index is 3.32. The molecule has 65 valence electrons. The van der Waals surface area contributed by atoms with Crippen molar-refractivity contribution < 1.29 is 4.92 Å². The topological polar surface area (TPSA) is 43.1 Å². The Morgan fingerprint density at radius 3 is 2.77 bits per heavy atom. The maximum atomic E-state index is 10.5. The van der Waals surface area contributed by atoms with Crippen LogP contribution in [0.3, 0.4) is 0 Å². The first-order valence-corrected chi connectivity index (χ1v) is 3.75. The summed E-state index contributed by atoms with van der Waals surface area (Å²) in [5, 5.41) is 10.8. The van der Waals surface area contributed by atoms with Crippen LogP contribution in [0, 0.1) is 28.9 Å². The molecule has 0 atom stereocenters. The molecule has 1 radical (unpaired) electrons. The van der Waals surface area contributed by atoms with Gasteiger partial charge in [0.05, 0.1) is 4.92 Å². The first-order chi connectivity index (χ1) is 6.15. The molecule has 0 spiro atoms. The third-order valence-electron chi connectivity index (χ3n) is 1.38. The smallest absolute Gasteiger partial charge is 0.258 e. The van der Waals surface area contributed by atoms with Gasteiger partial charge in [0.1, 0.15) is 5.56 Å². The van der Waals surface area contributed by atoms with Crippen LogP contribution in [0.15, 0.2) is 18.2 Å². The molecule has 0 aliphatic heterocycles. The van der Waals surface area contributed by atoms with Crippen molar-refractivity contribution in [3.8, 4) is 11.8 Å². The predicted molar refractivity (Wildman–Crippen MR) is 50.3 cm³/mol. The van der Waals surface area contributed by atoms with Gasteiger partial charge in [0.15, 0.2) is 0 Å². The fourth-order valence-electron chi connectivity index (χ4n) is 0.857. The monoisotopic (exact) mass is 194 g/mol. The van der Waals surface area contributed by atoms with E-state index in [0.717, 1.165) is 0 Å². The van der Waals surface area contributed by atoms with Crippen LogP contribution >= 0.6 is 11.6 Å². The summed E-state index contributed by atoms with van der Waals surface area (Å²) in [5.74, 6) is 4.87. The van der Waals surface area contributed by atoms with Gasteiger partial charge in [-0.1, -0.05) is 23.4 Å². The maximum absolute atomic E-state index is 10.5. The molecule has 13 heavy (non-hydrogen) atoms. The van der Waals surface area contributed by atoms with E-state index in [4.69, 9.17) is 11.6 Å². The first-order valence-electron chi connectivity index (χ1n) is 3.37. The molecule has 0 N–H and O–H groups in total. The molecule has 1 aromatic rings. The summed E-state index contributed by atoms with van der Waals surface area (Å²) in [6.07, 6.45) is 0. The van der Waals surface area contributed by atoms with Gasteiger partial charge < -0.3 is 0 Å². The molecule has 0 bridgehead atoms. The number of halogens is 1. The molecule has 1 aromatic carbocycles. The standard InChI is InChI=1S/C9H5ClNO2/c1-2-3-7-4-5-8(10)6-9(7)11(12)13/h4-6H,1H2. The van der Waals surface area contributed by atoms with Crippen LogP contribution < -0.4 is 0 Å². The third-order valence-corrected chi connectivity index (χ3v) is 1.61. The summed E-state index contributed by atoms with van der Waals surface area (Å²) in [7, 11) is 0. The molecule has 0 aromatic heterocycles. The molecule has 0 aliphatic carbocycles. The minimum Gasteiger partial charge on any atom is -0.258 e. The molecule has 0 unspecified atom stereocenters. The zero-order valence-corrected chi connectivity index (χ0v) is 7.34. The van der Waals surface area contributed by atoms with Gasteiger partial charge in [-0.2, -0.15) is 0 Å². The number of hydrogen-bond donors (Lipinski definition) is 0. The van der Waals surface area contributed by atoms with Gasteiger partial charge in [-0.3, -0.25) is 10.1 Å². The lowest BCUT2D eigenvalue weighted by Crippen LogP contribution is -1.91. The summed E-state index contributed by atoms with van der Waals surface area (Å²) < 4.78 is 0. The average molecular weight is 195 g/mol. The molecule has 3 nitrogen and oxygen atoms in total. The molecule has 0 heterocycles. The van der Waals surface area contributed by atoms with Crippen molar-refractivity contribution in [1.29, 1.82) is 0 Å². The van der Waals surface area contributed by atoms with E-state index < -0.39 is 4.92 Å². The van der Waals surface area contributed by atoms with Gasteiger partial charge in [-0.25, -0.2) is 0 Å². The number of benzene rings is 1. The Hall–Kier alpha value is -1.53. The lowest BCUT2D eigenvalue weighted by atomic mass is 10.2. The normalized spacial score (nSPS) is 8.77. The molecular formula is C9H5ClNO2. The Kier molecular flexibility index (Phi) is 2.88. The van der Waals surface area contributed by atoms with E-state index in [1.807, 2.05) is 0 Å². The fraction of sp³-hybridized carbons (Fsp3) is 0. The second-order valence-electron chi connectivity index (χ2n) is 2.22. The van der Waals surface area contributed by atoms with E-state index >= 15 is 0 Å². The zero-order chi connectivity index (χ0) is 9.84. The van der Waals surface area contributed by atoms with Crippen molar-refractivity contribution in [2.45, 2.75) is 0 Å². The highest BCUT2D eigenvalue weighted by molar-refractivity contribution is 6.30. The van der Waals surface area contributed by atoms with Gasteiger partial charge in [0.25, 0.3) is 5.69 Å². The molecule has 0 aliphatic rings. The van der Waals surface area contributed by atoms with Crippen molar-refractivity contribution in [3.05, 3.63) is 45.8 Å². The summed E-state index contributed by atoms with van der Waals surface area (Å²) in [6.45, 7) is 3.29. The molecule has 4 heteroatoms. The molecule has 0 amide bonds. The van der Waals surface area contributed by atoms with Crippen molar-refractivity contribution in [2.75, 3.05) is 0 Å². The van der Waals surface area contributed by atoms with E-state index in [1.165, 1.54) is 12.1 Å². The summed E-state index contributed by atoms with van der Waals surface area (Å²) in [5.41, 5.74) is 0.230. The summed E-state index contributed by atoms with van der Waals surface area (Å²) in [6, 6.07) is 4.31. The van der Waals surface area contributed by atoms with Crippen LogP contribution in [-0.2, 0) is 0 Å². The van der Waals surface area contributed by atoms with Gasteiger partial charge in [-0.15, -0.1) is 0 Å². The fourth-order valence-corrected chi connectivity index (χ4v) is 1.02. The average Bonchev–Trinajstić information content (AvgIpc) is 2.08. The minimum absolute atomic E-state index is 0.0938. The van der Waals surface area contributed by atoms with Crippen molar-refractivity contribution in [3.63, 3.8) is 0 Å². The van der Waals surface area contributed by atoms with E-state index in [2.05, 4.69) is 18.8 Å². The largest absolute Gasteiger partial charge is 0.286 e. The van der Waals surface area contributed by atoms with Crippen LogP contribution in [-0.4, -0.2) is 4.92 Å². The SMILES string of the molecule is [CH2]C#Cc1ccc(Cl)cc1[N+](=O)[O-]. The first kappa shape index (κ1) is 9.56. The molecule has 0 saturated heterocycles. The number of nitro groups is 1. The predicted octanol–water partition coefficient (Wildman–Crippen LogP) is 2.43. The van der Waals surface area contributed by atoms with Crippen molar-refractivity contribution >= 4 is 17.3 Å². The second kappa shape index (κ2) is 3.92. The lowest BCUT2D eigenvalue weighted by Gasteiger charge is -1.95. The summed E-state index contributed by atoms with van der Waals surface area (Å²) in [4.78, 5) is 9.99. The number of nitrogens with zero attached hydrogens (tertiary/aromatic N) is 1. The van der Waals surface area contributed by atoms with Gasteiger partial charge in [-0.05, 0) is 12.1 Å². The highest BCUT2D eigenvalue weighted by Crippen LogP contribution is 2.22. The van der Waals surface area contributed by atoms with Crippen molar-refractivity contribution in [1.82, 2.24) is 0 Å². The van der Waals surface area contributed by atoms with Gasteiger partial charge >= 0.3 is 0 Å². The maximum Gasteiger partial charge on any atom is 0.286 e. The highest BCUT2D eigenvalue weighted by Gasteiger charge is 2.11. The zero-order valence-electron chi connectivity index (χ0n) is 6.58. The lowest BCUT2D eigenvalue weighted by molar-refractivity contribution is -0.385. The van der Waals surface area contributed by atoms with E-state index in [1.54, 1.807) is 6.07 Å². The molecule has 0 saturated carbocycles. The highest BCUT2D eigenvalue weighted by atomic mass is 35.5. The van der Waals surface area contributed by atoms with Crippen LogP contribution in [0.25, 0.3) is 0 Å². The number of hydrogen-bond acceptors (Lipinski definition) is 2.